The lowest BCUT2D eigenvalue weighted by Crippen LogP contribution is -2.56. The topological polar surface area (TPSA) is 27.3 Å². The molecule has 0 aliphatic carbocycles. The van der Waals surface area contributed by atoms with E-state index in [-0.39, 0.29) is 0 Å². The average molecular weight is 141 g/mol. The SMILES string of the molecule is CNN1C2CCC1CNC2. The molecule has 2 saturated heterocycles. The third-order valence-corrected chi connectivity index (χ3v) is 2.64. The fraction of sp³-hybridized carbons (Fsp3) is 1.00. The van der Waals surface area contributed by atoms with E-state index in [1.54, 1.807) is 0 Å². The highest BCUT2D eigenvalue weighted by molar-refractivity contribution is 4.91. The summed E-state index contributed by atoms with van der Waals surface area (Å²) >= 11 is 0. The zero-order valence-corrected chi connectivity index (χ0v) is 6.43. The van der Waals surface area contributed by atoms with E-state index >= 15 is 0 Å². The molecule has 0 radical (unpaired) electrons. The molecule has 3 nitrogen and oxygen atoms in total. The minimum atomic E-state index is 0.753. The maximum Gasteiger partial charge on any atom is 0.0372 e. The lowest BCUT2D eigenvalue weighted by atomic mass is 10.2. The van der Waals surface area contributed by atoms with Gasteiger partial charge in [0.1, 0.15) is 0 Å². The normalized spacial score (nSPS) is 40.5. The Morgan fingerprint density at radius 3 is 2.30 bits per heavy atom. The number of hydrogen-bond acceptors (Lipinski definition) is 3. The molecule has 3 heteroatoms. The maximum atomic E-state index is 3.43. The molecule has 0 amide bonds. The van der Waals surface area contributed by atoms with Crippen LogP contribution < -0.4 is 10.7 Å². The molecule has 0 spiro atoms. The number of hydrazine groups is 1. The van der Waals surface area contributed by atoms with Gasteiger partial charge in [0, 0.05) is 25.2 Å². The number of fused-ring (bicyclic) bond motifs is 2. The Bertz CT molecular complexity index is 110. The lowest BCUT2D eigenvalue weighted by molar-refractivity contribution is 0.102. The van der Waals surface area contributed by atoms with Crippen molar-refractivity contribution in [3.8, 4) is 0 Å². The van der Waals surface area contributed by atoms with Crippen LogP contribution in [0.15, 0.2) is 0 Å². The van der Waals surface area contributed by atoms with Crippen molar-refractivity contribution in [1.29, 1.82) is 0 Å². The predicted octanol–water partition coefficient (Wildman–Crippen LogP) is -0.443. The molecule has 2 N–H and O–H groups in total. The standard InChI is InChI=1S/C7H15N3/c1-8-10-6-2-3-7(10)5-9-4-6/h6-9H,2-5H2,1H3. The highest BCUT2D eigenvalue weighted by atomic mass is 15.5. The number of hydrogen-bond donors (Lipinski definition) is 2. The molecule has 2 unspecified atom stereocenters. The summed E-state index contributed by atoms with van der Waals surface area (Å²) in [6.07, 6.45) is 2.72. The molecule has 2 heterocycles. The molecule has 58 valence electrons. The smallest absolute Gasteiger partial charge is 0.0372 e. The molecule has 0 aromatic rings. The van der Waals surface area contributed by atoms with Crippen LogP contribution in [0, 0.1) is 0 Å². The van der Waals surface area contributed by atoms with Gasteiger partial charge < -0.3 is 5.32 Å². The summed E-state index contributed by atoms with van der Waals surface area (Å²) in [5.74, 6) is 0. The van der Waals surface area contributed by atoms with E-state index in [1.165, 1.54) is 12.8 Å². The third kappa shape index (κ3) is 0.856. The number of nitrogens with one attached hydrogen (secondary N) is 2. The molecule has 0 aromatic heterocycles. The molecule has 0 aromatic carbocycles. The van der Waals surface area contributed by atoms with E-state index in [9.17, 15) is 0 Å². The van der Waals surface area contributed by atoms with Crippen LogP contribution in [0.25, 0.3) is 0 Å². The second kappa shape index (κ2) is 2.49. The van der Waals surface area contributed by atoms with Crippen LogP contribution in [0.5, 0.6) is 0 Å². The van der Waals surface area contributed by atoms with E-state index < -0.39 is 0 Å². The van der Waals surface area contributed by atoms with Gasteiger partial charge in [0.25, 0.3) is 0 Å². The minimum Gasteiger partial charge on any atom is -0.314 e. The van der Waals surface area contributed by atoms with Gasteiger partial charge in [-0.15, -0.1) is 0 Å². The quantitative estimate of drug-likeness (QED) is 0.518. The van der Waals surface area contributed by atoms with Crippen LogP contribution in [0.1, 0.15) is 12.8 Å². The lowest BCUT2D eigenvalue weighted by Gasteiger charge is -2.34. The van der Waals surface area contributed by atoms with Gasteiger partial charge in [0.2, 0.25) is 0 Å². The summed E-state index contributed by atoms with van der Waals surface area (Å²) in [5.41, 5.74) is 3.26. The molecule has 2 aliphatic rings. The van der Waals surface area contributed by atoms with Gasteiger partial charge in [-0.1, -0.05) is 0 Å². The van der Waals surface area contributed by atoms with Crippen molar-refractivity contribution in [3.05, 3.63) is 0 Å². The van der Waals surface area contributed by atoms with Gasteiger partial charge in [0.15, 0.2) is 0 Å². The van der Waals surface area contributed by atoms with Crippen LogP contribution >= 0.6 is 0 Å². The molecule has 0 saturated carbocycles. The summed E-state index contributed by atoms with van der Waals surface area (Å²) in [5, 5.41) is 5.83. The van der Waals surface area contributed by atoms with Gasteiger partial charge in [-0.3, -0.25) is 5.43 Å². The Balaban J connectivity index is 2.06. The second-order valence-corrected chi connectivity index (χ2v) is 3.17. The molecule has 2 aliphatic heterocycles. The van der Waals surface area contributed by atoms with Crippen molar-refractivity contribution in [1.82, 2.24) is 15.8 Å². The van der Waals surface area contributed by atoms with Crippen LogP contribution in [-0.2, 0) is 0 Å². The van der Waals surface area contributed by atoms with Crippen molar-refractivity contribution >= 4 is 0 Å². The summed E-state index contributed by atoms with van der Waals surface area (Å²) in [6, 6.07) is 1.51. The van der Waals surface area contributed by atoms with Gasteiger partial charge in [-0.2, -0.15) is 0 Å². The molecule has 2 fully saturated rings. The molecule has 2 bridgehead atoms. The summed E-state index contributed by atoms with van der Waals surface area (Å²) in [4.78, 5) is 0. The predicted molar refractivity (Wildman–Crippen MR) is 40.6 cm³/mol. The average Bonchev–Trinajstić information content (AvgIpc) is 2.19. The highest BCUT2D eigenvalue weighted by Gasteiger charge is 2.35. The van der Waals surface area contributed by atoms with E-state index in [2.05, 4.69) is 15.8 Å². The van der Waals surface area contributed by atoms with Crippen molar-refractivity contribution < 1.29 is 0 Å². The Labute approximate surface area is 61.7 Å². The Kier molecular flexibility index (Phi) is 1.64. The zero-order valence-electron chi connectivity index (χ0n) is 6.43. The van der Waals surface area contributed by atoms with Crippen molar-refractivity contribution in [2.24, 2.45) is 0 Å². The largest absolute Gasteiger partial charge is 0.314 e. The maximum absolute atomic E-state index is 3.43. The van der Waals surface area contributed by atoms with Gasteiger partial charge in [0.05, 0.1) is 0 Å². The first-order valence-electron chi connectivity index (χ1n) is 4.08. The van der Waals surface area contributed by atoms with Gasteiger partial charge in [-0.25, -0.2) is 5.01 Å². The minimum absolute atomic E-state index is 0.753. The Morgan fingerprint density at radius 1 is 1.30 bits per heavy atom. The first-order chi connectivity index (χ1) is 4.92. The first kappa shape index (κ1) is 6.58. The molecule has 2 rings (SSSR count). The van der Waals surface area contributed by atoms with E-state index in [4.69, 9.17) is 0 Å². The Hall–Kier alpha value is -0.120. The van der Waals surface area contributed by atoms with Crippen molar-refractivity contribution in [3.63, 3.8) is 0 Å². The van der Waals surface area contributed by atoms with E-state index in [1.807, 2.05) is 7.05 Å². The number of rotatable bonds is 1. The molecular weight excluding hydrogens is 126 g/mol. The first-order valence-corrected chi connectivity index (χ1v) is 4.08. The fourth-order valence-corrected chi connectivity index (χ4v) is 2.14. The van der Waals surface area contributed by atoms with Gasteiger partial charge in [-0.05, 0) is 19.9 Å². The van der Waals surface area contributed by atoms with Crippen LogP contribution in [0.3, 0.4) is 0 Å². The van der Waals surface area contributed by atoms with Crippen molar-refractivity contribution in [2.45, 2.75) is 24.9 Å². The molecule has 2 atom stereocenters. The zero-order chi connectivity index (χ0) is 6.97. The molecule has 10 heavy (non-hydrogen) atoms. The van der Waals surface area contributed by atoms with E-state index in [0.717, 1.165) is 25.2 Å². The Morgan fingerprint density at radius 2 is 1.90 bits per heavy atom. The summed E-state index contributed by atoms with van der Waals surface area (Å²) in [6.45, 7) is 2.33. The van der Waals surface area contributed by atoms with E-state index in [0.29, 0.717) is 0 Å². The second-order valence-electron chi connectivity index (χ2n) is 3.17. The third-order valence-electron chi connectivity index (χ3n) is 2.64. The monoisotopic (exact) mass is 141 g/mol. The summed E-state index contributed by atoms with van der Waals surface area (Å²) < 4.78 is 0. The van der Waals surface area contributed by atoms with Crippen LogP contribution in [-0.4, -0.2) is 37.2 Å². The fourth-order valence-electron chi connectivity index (χ4n) is 2.14. The summed E-state index contributed by atoms with van der Waals surface area (Å²) in [7, 11) is 2.02. The van der Waals surface area contributed by atoms with Crippen molar-refractivity contribution in [2.75, 3.05) is 20.1 Å². The molecular formula is C7H15N3. The van der Waals surface area contributed by atoms with Crippen LogP contribution in [0.2, 0.25) is 0 Å². The highest BCUT2D eigenvalue weighted by Crippen LogP contribution is 2.23. The van der Waals surface area contributed by atoms with Crippen LogP contribution in [0.4, 0.5) is 0 Å². The number of piperazine rings is 1. The number of nitrogens with zero attached hydrogens (tertiary/aromatic N) is 1. The van der Waals surface area contributed by atoms with Gasteiger partial charge >= 0.3 is 0 Å².